The van der Waals surface area contributed by atoms with Gasteiger partial charge in [0.15, 0.2) is 17.4 Å². The quantitative estimate of drug-likeness (QED) is 0.0784. The summed E-state index contributed by atoms with van der Waals surface area (Å²) < 4.78 is 35.7. The number of carbonyl (C=O) groups excluding carboxylic acids is 3. The van der Waals surface area contributed by atoms with E-state index in [9.17, 15) is 28.7 Å². The molecule has 2 aromatic carbocycles. The molecule has 12 heteroatoms. The third-order valence-electron chi connectivity index (χ3n) is 6.60. The average molecular weight is 691 g/mol. The Bertz CT molecular complexity index is 1690. The van der Waals surface area contributed by atoms with Crippen LogP contribution in [0.1, 0.15) is 42.1 Å². The van der Waals surface area contributed by atoms with Gasteiger partial charge in [-0.25, -0.2) is 8.78 Å². The molecule has 1 aliphatic carbocycles. The normalized spacial score (nSPS) is 11.0. The van der Waals surface area contributed by atoms with Gasteiger partial charge in [0, 0.05) is 47.7 Å². The number of halogens is 3. The maximum Gasteiger partial charge on any atom is 0.251 e. The molecule has 220 valence electrons. The predicted octanol–water partition coefficient (Wildman–Crippen LogP) is 4.64. The number of nitrogens with one attached hydrogen (secondary N) is 3. The molecule has 0 bridgehead atoms. The number of rotatable bonds is 11. The van der Waals surface area contributed by atoms with Crippen molar-refractivity contribution in [2.45, 2.75) is 32.7 Å². The summed E-state index contributed by atoms with van der Waals surface area (Å²) in [6.45, 7) is 2.02. The van der Waals surface area contributed by atoms with Crippen molar-refractivity contribution in [1.82, 2.24) is 16.0 Å². The average Bonchev–Trinajstić information content (AvgIpc) is 2.98. The number of carbonyl (C=O) groups is 3. The third-order valence-corrected chi connectivity index (χ3v) is 7.29. The van der Waals surface area contributed by atoms with E-state index in [2.05, 4.69) is 16.0 Å². The van der Waals surface area contributed by atoms with Gasteiger partial charge in [0.05, 0.1) is 16.5 Å². The number of hydrogen-bond acceptors (Lipinski definition) is 6. The van der Waals surface area contributed by atoms with Crippen molar-refractivity contribution in [1.29, 1.82) is 0 Å². The van der Waals surface area contributed by atoms with Crippen molar-refractivity contribution < 1.29 is 32.7 Å². The van der Waals surface area contributed by atoms with Gasteiger partial charge in [0.2, 0.25) is 17.2 Å². The molecule has 2 aliphatic rings. The number of benzene rings is 3. The zero-order chi connectivity index (χ0) is 30.4. The minimum Gasteiger partial charge on any atom is -0.504 e. The molecule has 0 saturated heterocycles. The number of hydrogen-bond donors (Lipinski definition) is 4. The molecular weight excluding hydrogens is 663 g/mol. The fourth-order valence-corrected chi connectivity index (χ4v) is 4.80. The highest BCUT2D eigenvalue weighted by molar-refractivity contribution is 14.1. The van der Waals surface area contributed by atoms with Crippen molar-refractivity contribution in [2.75, 3.05) is 17.5 Å². The second-order valence-electron chi connectivity index (χ2n) is 9.48. The molecule has 0 unspecified atom stereocenters. The van der Waals surface area contributed by atoms with Crippen LogP contribution in [0, 0.1) is 11.6 Å². The molecule has 1 aliphatic heterocycles. The zero-order valence-electron chi connectivity index (χ0n) is 22.6. The van der Waals surface area contributed by atoms with E-state index < -0.39 is 28.7 Å². The van der Waals surface area contributed by atoms with Gasteiger partial charge in [-0.15, -0.1) is 0 Å². The molecule has 1 heterocycles. The molecule has 0 aromatic heterocycles. The van der Waals surface area contributed by atoms with Crippen LogP contribution in [0.5, 0.6) is 5.75 Å². The summed E-state index contributed by atoms with van der Waals surface area (Å²) in [6, 6.07) is 9.26. The molecule has 0 spiro atoms. The molecule has 0 fully saturated rings. The highest BCUT2D eigenvalue weighted by atomic mass is 127. The number of amides is 3. The van der Waals surface area contributed by atoms with E-state index in [4.69, 9.17) is 4.42 Å². The van der Waals surface area contributed by atoms with E-state index in [1.807, 2.05) is 29.5 Å². The first-order chi connectivity index (χ1) is 20.2. The van der Waals surface area contributed by atoms with Crippen molar-refractivity contribution in [3.63, 3.8) is 0 Å². The minimum atomic E-state index is -1.08. The first kappa shape index (κ1) is 30.9. The van der Waals surface area contributed by atoms with Gasteiger partial charge in [-0.3, -0.25) is 19.2 Å². The van der Waals surface area contributed by atoms with Gasteiger partial charge < -0.3 is 25.5 Å². The lowest BCUT2D eigenvalue weighted by atomic mass is 9.89. The van der Waals surface area contributed by atoms with Crippen molar-refractivity contribution in [2.24, 2.45) is 0 Å². The molecule has 42 heavy (non-hydrogen) atoms. The largest absolute Gasteiger partial charge is 0.504 e. The van der Waals surface area contributed by atoms with Crippen LogP contribution in [-0.2, 0) is 16.1 Å². The standard InChI is InChI=1S/C30H28F2IN3O6/c1-2-3-8-25(38)34-9-10-35-30(41)17-7-5-4-6-16(17)27-18-11-21(31)23(37)13-24(18)42-29-19(27)12-22(32)28(40)20(29)15-36-26(39)14-33/h4-7,11-13,40H,2-3,8-10,14-15H2,1H3,(H,34,38)(H,35,41)(H,36,39). The third kappa shape index (κ3) is 6.69. The van der Waals surface area contributed by atoms with E-state index >= 15 is 4.39 Å². The van der Waals surface area contributed by atoms with Crippen molar-refractivity contribution in [3.05, 3.63) is 75.4 Å². The van der Waals surface area contributed by atoms with E-state index in [0.717, 1.165) is 31.0 Å². The number of unbranched alkanes of at least 4 members (excludes halogenated alkanes) is 1. The van der Waals surface area contributed by atoms with Crippen LogP contribution in [0.15, 0.2) is 51.7 Å². The number of alkyl halides is 1. The molecule has 0 saturated carbocycles. The van der Waals surface area contributed by atoms with Crippen LogP contribution >= 0.6 is 22.6 Å². The molecule has 3 amide bonds. The lowest BCUT2D eigenvalue weighted by Gasteiger charge is -2.20. The summed E-state index contributed by atoms with van der Waals surface area (Å²) in [5, 5.41) is 18.7. The maximum atomic E-state index is 15.1. The first-order valence-electron chi connectivity index (χ1n) is 13.2. The molecule has 0 radical (unpaired) electrons. The van der Waals surface area contributed by atoms with E-state index in [1.54, 1.807) is 18.2 Å². The summed E-state index contributed by atoms with van der Waals surface area (Å²) in [5.74, 6) is -3.94. The molecule has 2 aromatic rings. The second-order valence-corrected chi connectivity index (χ2v) is 10.2. The highest BCUT2D eigenvalue weighted by Gasteiger charge is 2.26. The molecule has 9 nitrogen and oxygen atoms in total. The fraction of sp³-hybridized carbons (Fsp3) is 0.267. The van der Waals surface area contributed by atoms with Crippen molar-refractivity contribution >= 4 is 51.3 Å². The fourth-order valence-electron chi connectivity index (χ4n) is 4.53. The predicted molar refractivity (Wildman–Crippen MR) is 162 cm³/mol. The molecule has 4 rings (SSSR count). The number of aromatic hydroxyl groups is 1. The van der Waals surface area contributed by atoms with E-state index in [1.165, 1.54) is 6.07 Å². The zero-order valence-corrected chi connectivity index (χ0v) is 24.8. The summed E-state index contributed by atoms with van der Waals surface area (Å²) in [7, 11) is 0. The monoisotopic (exact) mass is 691 g/mol. The second kappa shape index (κ2) is 13.7. The Balaban J connectivity index is 1.84. The summed E-state index contributed by atoms with van der Waals surface area (Å²) >= 11 is 1.85. The van der Waals surface area contributed by atoms with Crippen LogP contribution in [0.3, 0.4) is 0 Å². The van der Waals surface area contributed by atoms with Gasteiger partial charge >= 0.3 is 0 Å². The Morgan fingerprint density at radius 2 is 1.69 bits per heavy atom. The minimum absolute atomic E-state index is 0.0545. The SMILES string of the molecule is CCCCC(=O)NCCNC(=O)c1ccccc1-c1c2cc(F)c(=O)cc-2oc2c(CNC(=O)CI)c(O)c(F)cc12. The summed E-state index contributed by atoms with van der Waals surface area (Å²) in [5.41, 5.74) is -0.388. The Hall–Kier alpha value is -4.07. The van der Waals surface area contributed by atoms with Crippen LogP contribution < -0.4 is 21.4 Å². The van der Waals surface area contributed by atoms with Crippen LogP contribution in [-0.4, -0.2) is 40.3 Å². The number of phenolic OH excluding ortho intramolecular Hbond substituents is 1. The topological polar surface area (TPSA) is 138 Å². The Kier molecular flexibility index (Phi) is 10.1. The molecule has 0 atom stereocenters. The Labute approximate surface area is 253 Å². The Morgan fingerprint density at radius 1 is 0.952 bits per heavy atom. The smallest absolute Gasteiger partial charge is 0.251 e. The van der Waals surface area contributed by atoms with Crippen LogP contribution in [0.2, 0.25) is 0 Å². The molecule has 4 N–H and O–H groups in total. The van der Waals surface area contributed by atoms with Gasteiger partial charge in [-0.2, -0.15) is 0 Å². The van der Waals surface area contributed by atoms with Crippen LogP contribution in [0.4, 0.5) is 8.78 Å². The lowest BCUT2D eigenvalue weighted by Crippen LogP contribution is -2.34. The Morgan fingerprint density at radius 3 is 2.43 bits per heavy atom. The highest BCUT2D eigenvalue weighted by Crippen LogP contribution is 2.44. The summed E-state index contributed by atoms with van der Waals surface area (Å²) in [4.78, 5) is 49.3. The first-order valence-corrected chi connectivity index (χ1v) is 14.8. The van der Waals surface area contributed by atoms with Crippen molar-refractivity contribution in [3.8, 4) is 28.2 Å². The van der Waals surface area contributed by atoms with Gasteiger partial charge in [0.1, 0.15) is 11.3 Å². The summed E-state index contributed by atoms with van der Waals surface area (Å²) in [6.07, 6.45) is 2.04. The number of phenols is 1. The van der Waals surface area contributed by atoms with E-state index in [-0.39, 0.29) is 80.4 Å². The van der Waals surface area contributed by atoms with Crippen LogP contribution in [0.25, 0.3) is 33.4 Å². The van der Waals surface area contributed by atoms with Gasteiger partial charge in [-0.1, -0.05) is 54.1 Å². The maximum absolute atomic E-state index is 15.1. The van der Waals surface area contributed by atoms with E-state index in [0.29, 0.717) is 6.42 Å². The van der Waals surface area contributed by atoms with Gasteiger partial charge in [-0.05, 0) is 30.2 Å². The molecular formula is C30H28F2IN3O6. The van der Waals surface area contributed by atoms with Gasteiger partial charge in [0.25, 0.3) is 5.91 Å². The number of fused-ring (bicyclic) bond motifs is 2. The lowest BCUT2D eigenvalue weighted by molar-refractivity contribution is -0.121.